The van der Waals surface area contributed by atoms with Crippen molar-refractivity contribution in [1.29, 1.82) is 0 Å². The third kappa shape index (κ3) is 6.57. The largest absolute Gasteiger partial charge is 0.376 e. The zero-order valence-corrected chi connectivity index (χ0v) is 18.6. The second-order valence-corrected chi connectivity index (χ2v) is 9.70. The first kappa shape index (κ1) is 22.3. The van der Waals surface area contributed by atoms with Crippen LogP contribution in [-0.4, -0.2) is 51.8 Å². The first-order valence-corrected chi connectivity index (χ1v) is 12.3. The lowest BCUT2D eigenvalue weighted by atomic mass is 10.1. The van der Waals surface area contributed by atoms with Gasteiger partial charge < -0.3 is 15.0 Å². The molecule has 1 N–H and O–H groups in total. The molecule has 1 atom stereocenters. The molecule has 1 aliphatic heterocycles. The first-order valence-electron chi connectivity index (χ1n) is 10.4. The number of hydrogen-bond donors (Lipinski definition) is 1. The monoisotopic (exact) mass is 429 g/mol. The fraction of sp³-hybridized carbons (Fsp3) is 0.435. The van der Waals surface area contributed by atoms with Crippen molar-refractivity contribution >= 4 is 15.8 Å². The average Bonchev–Trinajstić information content (AvgIpc) is 3.20. The summed E-state index contributed by atoms with van der Waals surface area (Å²) in [7, 11) is -3.17. The molecule has 7 heteroatoms. The normalized spacial score (nSPS) is 17.3. The molecule has 0 aliphatic carbocycles. The van der Waals surface area contributed by atoms with Gasteiger partial charge in [0.25, 0.3) is 0 Å². The van der Waals surface area contributed by atoms with Gasteiger partial charge in [-0.3, -0.25) is 0 Å². The number of aliphatic imine (C=N–C) groups is 1. The molecule has 6 nitrogen and oxygen atoms in total. The summed E-state index contributed by atoms with van der Waals surface area (Å²) in [5.41, 5.74) is 2.18. The predicted molar refractivity (Wildman–Crippen MR) is 120 cm³/mol. The number of nitrogens with one attached hydrogen (secondary N) is 1. The van der Waals surface area contributed by atoms with Crippen molar-refractivity contribution in [3.63, 3.8) is 0 Å². The van der Waals surface area contributed by atoms with Crippen molar-refractivity contribution in [3.8, 4) is 0 Å². The van der Waals surface area contributed by atoms with Gasteiger partial charge in [0.1, 0.15) is 0 Å². The Morgan fingerprint density at radius 2 is 1.87 bits per heavy atom. The minimum absolute atomic E-state index is 0.333. The lowest BCUT2D eigenvalue weighted by Crippen LogP contribution is -2.40. The molecule has 1 saturated heterocycles. The summed E-state index contributed by atoms with van der Waals surface area (Å²) in [6.07, 6.45) is 2.30. The lowest BCUT2D eigenvalue weighted by molar-refractivity contribution is 0.0906. The quantitative estimate of drug-likeness (QED) is 0.516. The number of guanidine groups is 1. The SMILES string of the molecule is CCNC(=NCc1ccc(S(C)(=O)=O)cc1)N1CCC(COCc2ccccc2)C1. The Morgan fingerprint density at radius 3 is 2.53 bits per heavy atom. The summed E-state index contributed by atoms with van der Waals surface area (Å²) >= 11 is 0. The van der Waals surface area contributed by atoms with E-state index in [9.17, 15) is 8.42 Å². The Labute approximate surface area is 179 Å². The molecule has 0 aromatic heterocycles. The van der Waals surface area contributed by atoms with Crippen LogP contribution in [-0.2, 0) is 27.7 Å². The molecule has 30 heavy (non-hydrogen) atoms. The number of benzene rings is 2. The number of rotatable bonds is 8. The fourth-order valence-electron chi connectivity index (χ4n) is 3.51. The molecule has 2 aromatic carbocycles. The van der Waals surface area contributed by atoms with Gasteiger partial charge >= 0.3 is 0 Å². The van der Waals surface area contributed by atoms with Gasteiger partial charge in [-0.05, 0) is 36.6 Å². The molecule has 0 spiro atoms. The van der Waals surface area contributed by atoms with Crippen LogP contribution in [0.5, 0.6) is 0 Å². The van der Waals surface area contributed by atoms with Gasteiger partial charge in [0.15, 0.2) is 15.8 Å². The van der Waals surface area contributed by atoms with E-state index >= 15 is 0 Å². The zero-order chi connectivity index (χ0) is 21.4. The van der Waals surface area contributed by atoms with Gasteiger partial charge in [-0.2, -0.15) is 0 Å². The van der Waals surface area contributed by atoms with Crippen LogP contribution >= 0.6 is 0 Å². The van der Waals surface area contributed by atoms with Gasteiger partial charge in [0.2, 0.25) is 0 Å². The molecule has 1 fully saturated rings. The van der Waals surface area contributed by atoms with E-state index in [0.29, 0.717) is 24.0 Å². The van der Waals surface area contributed by atoms with Gasteiger partial charge in [-0.25, -0.2) is 13.4 Å². The molecular formula is C23H31N3O3S. The average molecular weight is 430 g/mol. The van der Waals surface area contributed by atoms with Gasteiger partial charge in [0.05, 0.1) is 24.7 Å². The summed E-state index contributed by atoms with van der Waals surface area (Å²) in [5.74, 6) is 1.39. The highest BCUT2D eigenvalue weighted by molar-refractivity contribution is 7.90. The number of ether oxygens (including phenoxy) is 1. The van der Waals surface area contributed by atoms with Crippen LogP contribution in [0.25, 0.3) is 0 Å². The van der Waals surface area contributed by atoms with Crippen molar-refractivity contribution in [1.82, 2.24) is 10.2 Å². The maximum atomic E-state index is 11.6. The van der Waals surface area contributed by atoms with Crippen molar-refractivity contribution in [2.24, 2.45) is 10.9 Å². The topological polar surface area (TPSA) is 71.0 Å². The third-order valence-electron chi connectivity index (χ3n) is 5.15. The number of likely N-dealkylation sites (tertiary alicyclic amines) is 1. The molecule has 1 heterocycles. The second-order valence-electron chi connectivity index (χ2n) is 7.69. The molecule has 2 aromatic rings. The van der Waals surface area contributed by atoms with E-state index in [1.54, 1.807) is 12.1 Å². The van der Waals surface area contributed by atoms with Gasteiger partial charge in [0, 0.05) is 31.8 Å². The van der Waals surface area contributed by atoms with Gasteiger partial charge in [-0.15, -0.1) is 0 Å². The fourth-order valence-corrected chi connectivity index (χ4v) is 4.14. The highest BCUT2D eigenvalue weighted by Crippen LogP contribution is 2.18. The smallest absolute Gasteiger partial charge is 0.194 e. The van der Waals surface area contributed by atoms with E-state index in [-0.39, 0.29) is 0 Å². The van der Waals surface area contributed by atoms with Crippen LogP contribution < -0.4 is 5.32 Å². The Morgan fingerprint density at radius 1 is 1.13 bits per heavy atom. The third-order valence-corrected chi connectivity index (χ3v) is 6.28. The van der Waals surface area contributed by atoms with Crippen molar-refractivity contribution < 1.29 is 13.2 Å². The van der Waals surface area contributed by atoms with E-state index in [0.717, 1.165) is 44.2 Å². The molecule has 0 bridgehead atoms. The zero-order valence-electron chi connectivity index (χ0n) is 17.8. The number of hydrogen-bond acceptors (Lipinski definition) is 4. The van der Waals surface area contributed by atoms with Crippen LogP contribution in [0.4, 0.5) is 0 Å². The number of nitrogens with zero attached hydrogens (tertiary/aromatic N) is 2. The Balaban J connectivity index is 1.52. The van der Waals surface area contributed by atoms with Crippen molar-refractivity contribution in [3.05, 3.63) is 65.7 Å². The maximum Gasteiger partial charge on any atom is 0.194 e. The van der Waals surface area contributed by atoms with Crippen LogP contribution in [0.15, 0.2) is 64.5 Å². The van der Waals surface area contributed by atoms with E-state index in [4.69, 9.17) is 9.73 Å². The molecule has 1 unspecified atom stereocenters. The molecule has 0 amide bonds. The summed E-state index contributed by atoms with van der Waals surface area (Å²) in [4.78, 5) is 7.38. The predicted octanol–water partition coefficient (Wildman–Crippen LogP) is 3.09. The van der Waals surface area contributed by atoms with Crippen LogP contribution in [0.3, 0.4) is 0 Å². The summed E-state index contributed by atoms with van der Waals surface area (Å²) in [6, 6.07) is 17.2. The standard InChI is InChI=1S/C23H31N3O3S/c1-3-24-23(25-15-19-9-11-22(12-10-19)30(2,27)28)26-14-13-21(16-26)18-29-17-20-7-5-4-6-8-20/h4-12,21H,3,13-18H2,1-2H3,(H,24,25). The Kier molecular flexibility index (Phi) is 7.87. The van der Waals surface area contributed by atoms with Crippen LogP contribution in [0, 0.1) is 5.92 Å². The summed E-state index contributed by atoms with van der Waals surface area (Å²) in [5, 5.41) is 3.37. The van der Waals surface area contributed by atoms with Crippen LogP contribution in [0.2, 0.25) is 0 Å². The first-order chi connectivity index (χ1) is 14.5. The van der Waals surface area contributed by atoms with E-state index in [2.05, 4.69) is 29.3 Å². The summed E-state index contributed by atoms with van der Waals surface area (Å²) in [6.45, 7) is 6.65. The molecule has 1 aliphatic rings. The summed E-state index contributed by atoms with van der Waals surface area (Å²) < 4.78 is 29.1. The van der Waals surface area contributed by atoms with Crippen molar-refractivity contribution in [2.75, 3.05) is 32.5 Å². The minimum Gasteiger partial charge on any atom is -0.376 e. The number of sulfone groups is 1. The van der Waals surface area contributed by atoms with Crippen molar-refractivity contribution in [2.45, 2.75) is 31.4 Å². The highest BCUT2D eigenvalue weighted by Gasteiger charge is 2.25. The molecule has 3 rings (SSSR count). The molecule has 0 saturated carbocycles. The van der Waals surface area contributed by atoms with Gasteiger partial charge in [-0.1, -0.05) is 42.5 Å². The highest BCUT2D eigenvalue weighted by atomic mass is 32.2. The van der Waals surface area contributed by atoms with E-state index in [1.165, 1.54) is 11.8 Å². The second kappa shape index (κ2) is 10.6. The lowest BCUT2D eigenvalue weighted by Gasteiger charge is -2.21. The molecule has 0 radical (unpaired) electrons. The Bertz CT molecular complexity index is 928. The van der Waals surface area contributed by atoms with E-state index < -0.39 is 9.84 Å². The van der Waals surface area contributed by atoms with E-state index in [1.807, 2.05) is 30.3 Å². The Hall–Kier alpha value is -2.38. The maximum absolute atomic E-state index is 11.6. The molecule has 162 valence electrons. The molecular weight excluding hydrogens is 398 g/mol. The minimum atomic E-state index is -3.17. The van der Waals surface area contributed by atoms with Crippen LogP contribution in [0.1, 0.15) is 24.5 Å².